The summed E-state index contributed by atoms with van der Waals surface area (Å²) < 4.78 is 11.8. The fourth-order valence-electron chi connectivity index (χ4n) is 1.89. The fourth-order valence-corrected chi connectivity index (χ4v) is 2.54. The van der Waals surface area contributed by atoms with Gasteiger partial charge in [-0.15, -0.1) is 11.3 Å². The third-order valence-electron chi connectivity index (χ3n) is 3.13. The monoisotopic (exact) mass is 331 g/mol. The molecule has 0 N–H and O–H groups in total. The first kappa shape index (κ1) is 15.2. The molecule has 0 aliphatic rings. The molecule has 3 aromatic rings. The molecule has 0 unspecified atom stereocenters. The molecule has 0 spiro atoms. The number of ether oxygens (including phenoxy) is 1. The normalized spacial score (nSPS) is 10.7. The van der Waals surface area contributed by atoms with Gasteiger partial charge < -0.3 is 9.15 Å². The van der Waals surface area contributed by atoms with E-state index >= 15 is 0 Å². The van der Waals surface area contributed by atoms with Gasteiger partial charge in [0.05, 0.1) is 4.88 Å². The highest BCUT2D eigenvalue weighted by atomic mass is 32.1. The van der Waals surface area contributed by atoms with Crippen molar-refractivity contribution in [3.8, 4) is 10.8 Å². The highest BCUT2D eigenvalue weighted by Crippen LogP contribution is 2.26. The van der Waals surface area contributed by atoms with Crippen LogP contribution in [0.3, 0.4) is 0 Å². The van der Waals surface area contributed by atoms with Crippen LogP contribution in [0.4, 0.5) is 0 Å². The lowest BCUT2D eigenvalue weighted by molar-refractivity contribution is 0.0457. The van der Waals surface area contributed by atoms with Crippen molar-refractivity contribution in [2.45, 2.75) is 13.5 Å². The van der Waals surface area contributed by atoms with Crippen LogP contribution in [0.25, 0.3) is 10.8 Å². The van der Waals surface area contributed by atoms with E-state index in [0.717, 1.165) is 9.56 Å². The van der Waals surface area contributed by atoms with Crippen molar-refractivity contribution in [1.29, 1.82) is 0 Å². The summed E-state index contributed by atoms with van der Waals surface area (Å²) in [5.74, 6) is 0.471. The van der Waals surface area contributed by atoms with E-state index in [1.54, 1.807) is 6.92 Å². The largest absolute Gasteiger partial charge is 0.454 e. The third kappa shape index (κ3) is 3.21. The molecule has 7 nitrogen and oxygen atoms in total. The molecule has 0 bridgehead atoms. The van der Waals surface area contributed by atoms with E-state index in [0.29, 0.717) is 17.3 Å². The van der Waals surface area contributed by atoms with Gasteiger partial charge in [0, 0.05) is 13.1 Å². The third-order valence-corrected chi connectivity index (χ3v) is 3.99. The molecule has 0 saturated heterocycles. The topological polar surface area (TPSA) is 87.2 Å². The van der Waals surface area contributed by atoms with Gasteiger partial charge in [-0.1, -0.05) is 6.07 Å². The van der Waals surface area contributed by atoms with Crippen LogP contribution in [-0.2, 0) is 18.4 Å². The standard InChI is InChI=1S/C15H13N3O4S/c1-9-11(16-14(22-9)12-4-3-7-23-12)8-21-15(20)10-5-6-13(19)18(2)17-10/h3-7H,8H2,1-2H3. The SMILES string of the molecule is Cc1oc(-c2cccs2)nc1COC(=O)c1ccc(=O)n(C)n1. The van der Waals surface area contributed by atoms with Gasteiger partial charge >= 0.3 is 5.97 Å². The number of carbonyl (C=O) groups is 1. The van der Waals surface area contributed by atoms with Crippen LogP contribution < -0.4 is 5.56 Å². The minimum absolute atomic E-state index is 0.0237. The molecule has 0 saturated carbocycles. The Bertz CT molecular complexity index is 896. The van der Waals surface area contributed by atoms with Gasteiger partial charge in [-0.3, -0.25) is 4.79 Å². The summed E-state index contributed by atoms with van der Waals surface area (Å²) in [5.41, 5.74) is 0.313. The van der Waals surface area contributed by atoms with E-state index in [4.69, 9.17) is 9.15 Å². The van der Waals surface area contributed by atoms with Gasteiger partial charge in [-0.25, -0.2) is 14.5 Å². The molecule has 0 radical (unpaired) electrons. The molecule has 8 heteroatoms. The molecule has 3 heterocycles. The van der Waals surface area contributed by atoms with Gasteiger partial charge in [0.1, 0.15) is 18.1 Å². The summed E-state index contributed by atoms with van der Waals surface area (Å²) in [5, 5.41) is 5.77. The molecule has 23 heavy (non-hydrogen) atoms. The lowest BCUT2D eigenvalue weighted by atomic mass is 10.3. The molecule has 3 rings (SSSR count). The van der Waals surface area contributed by atoms with Gasteiger partial charge in [0.25, 0.3) is 5.56 Å². The molecule has 0 aliphatic heterocycles. The van der Waals surface area contributed by atoms with Crippen molar-refractivity contribution in [3.63, 3.8) is 0 Å². The number of hydrogen-bond donors (Lipinski definition) is 0. The fraction of sp³-hybridized carbons (Fsp3) is 0.200. The van der Waals surface area contributed by atoms with Gasteiger partial charge in [-0.2, -0.15) is 5.10 Å². The smallest absolute Gasteiger partial charge is 0.359 e. The number of aromatic nitrogens is 3. The van der Waals surface area contributed by atoms with E-state index in [-0.39, 0.29) is 17.9 Å². The van der Waals surface area contributed by atoms with Crippen LogP contribution in [0.15, 0.2) is 38.9 Å². The van der Waals surface area contributed by atoms with E-state index in [1.165, 1.54) is 30.5 Å². The maximum Gasteiger partial charge on any atom is 0.359 e. The number of esters is 1. The van der Waals surface area contributed by atoms with Gasteiger partial charge in [-0.05, 0) is 24.4 Å². The zero-order valence-electron chi connectivity index (χ0n) is 12.5. The van der Waals surface area contributed by atoms with Crippen molar-refractivity contribution in [1.82, 2.24) is 14.8 Å². The molecule has 118 valence electrons. The van der Waals surface area contributed by atoms with Gasteiger partial charge in [0.15, 0.2) is 5.69 Å². The molecule has 0 aromatic carbocycles. The van der Waals surface area contributed by atoms with Crippen molar-refractivity contribution in [2.24, 2.45) is 7.05 Å². The number of hydrogen-bond acceptors (Lipinski definition) is 7. The quantitative estimate of drug-likeness (QED) is 0.681. The first-order chi connectivity index (χ1) is 11.0. The van der Waals surface area contributed by atoms with E-state index in [9.17, 15) is 9.59 Å². The maximum atomic E-state index is 12.0. The lowest BCUT2D eigenvalue weighted by Crippen LogP contribution is -2.21. The van der Waals surface area contributed by atoms with Crippen molar-refractivity contribution in [2.75, 3.05) is 0 Å². The number of nitrogens with zero attached hydrogens (tertiary/aromatic N) is 3. The Morgan fingerprint density at radius 3 is 2.91 bits per heavy atom. The number of aryl methyl sites for hydroxylation is 2. The zero-order valence-corrected chi connectivity index (χ0v) is 13.3. The summed E-state index contributed by atoms with van der Waals surface area (Å²) in [6, 6.07) is 6.40. The van der Waals surface area contributed by atoms with Gasteiger partial charge in [0.2, 0.25) is 5.89 Å². The molecule has 3 aromatic heterocycles. The first-order valence-corrected chi connectivity index (χ1v) is 7.64. The Morgan fingerprint density at radius 1 is 1.39 bits per heavy atom. The Balaban J connectivity index is 1.72. The van der Waals surface area contributed by atoms with Crippen LogP contribution in [0.2, 0.25) is 0 Å². The second kappa shape index (κ2) is 6.17. The minimum Gasteiger partial charge on any atom is -0.454 e. The van der Waals surface area contributed by atoms with Crippen LogP contribution in [0.5, 0.6) is 0 Å². The highest BCUT2D eigenvalue weighted by molar-refractivity contribution is 7.13. The van der Waals surface area contributed by atoms with E-state index in [1.807, 2.05) is 17.5 Å². The summed E-state index contributed by atoms with van der Waals surface area (Å²) in [6.07, 6.45) is 0. The van der Waals surface area contributed by atoms with Crippen LogP contribution in [0, 0.1) is 6.92 Å². The van der Waals surface area contributed by atoms with Crippen molar-refractivity contribution < 1.29 is 13.9 Å². The molecule has 0 aliphatic carbocycles. The van der Waals surface area contributed by atoms with Crippen molar-refractivity contribution in [3.05, 3.63) is 57.1 Å². The lowest BCUT2D eigenvalue weighted by Gasteiger charge is -2.03. The predicted molar refractivity (Wildman–Crippen MR) is 83.2 cm³/mol. The number of rotatable bonds is 4. The van der Waals surface area contributed by atoms with E-state index in [2.05, 4.69) is 10.1 Å². The molecule has 0 amide bonds. The number of oxazole rings is 1. The summed E-state index contributed by atoms with van der Waals surface area (Å²) >= 11 is 1.52. The van der Waals surface area contributed by atoms with Crippen LogP contribution in [0.1, 0.15) is 21.9 Å². The molecular formula is C15H13N3O4S. The summed E-state index contributed by atoms with van der Waals surface area (Å²) in [6.45, 7) is 1.74. The average Bonchev–Trinajstić information content (AvgIpc) is 3.17. The maximum absolute atomic E-state index is 12.0. The Hall–Kier alpha value is -2.74. The first-order valence-electron chi connectivity index (χ1n) is 6.76. The number of thiophene rings is 1. The second-order valence-electron chi connectivity index (χ2n) is 4.76. The Labute approximate surface area is 135 Å². The van der Waals surface area contributed by atoms with E-state index < -0.39 is 5.97 Å². The minimum atomic E-state index is -0.624. The van der Waals surface area contributed by atoms with Crippen LogP contribution in [-0.4, -0.2) is 20.7 Å². The second-order valence-corrected chi connectivity index (χ2v) is 5.70. The Morgan fingerprint density at radius 2 is 2.22 bits per heavy atom. The van der Waals surface area contributed by atoms with Crippen LogP contribution >= 0.6 is 11.3 Å². The molecule has 0 fully saturated rings. The van der Waals surface area contributed by atoms with Crippen molar-refractivity contribution >= 4 is 17.3 Å². The molecular weight excluding hydrogens is 318 g/mol. The number of carbonyl (C=O) groups excluding carboxylic acids is 1. The summed E-state index contributed by atoms with van der Waals surface area (Å²) in [4.78, 5) is 28.5. The Kier molecular flexibility index (Phi) is 4.07. The zero-order chi connectivity index (χ0) is 16.4. The summed E-state index contributed by atoms with van der Waals surface area (Å²) in [7, 11) is 1.47. The average molecular weight is 331 g/mol. The highest BCUT2D eigenvalue weighted by Gasteiger charge is 2.16. The molecule has 0 atom stereocenters. The predicted octanol–water partition coefficient (Wildman–Crippen LogP) is 2.16.